The molecule has 0 aliphatic carbocycles. The molecule has 0 unspecified atom stereocenters. The maximum absolute atomic E-state index is 13.9. The third kappa shape index (κ3) is 4.78. The first-order chi connectivity index (χ1) is 20.1. The van der Waals surface area contributed by atoms with Gasteiger partial charge in [0.2, 0.25) is 5.91 Å². The molecule has 198 valence electrons. The van der Waals surface area contributed by atoms with Crippen LogP contribution in [0, 0.1) is 5.82 Å². The normalized spacial score (nSPS) is 11.2. The summed E-state index contributed by atoms with van der Waals surface area (Å²) in [6.45, 7) is 0. The maximum atomic E-state index is 13.9. The van der Waals surface area contributed by atoms with Gasteiger partial charge in [-0.15, -0.1) is 0 Å². The standard InChI is InChI=1S/C31H21FN8O/c32-22-8-4-7-19(10-22)25-16-34-17-26-28(25)38-31(37-26)29-24-12-21(14-35-30(24)40-39-29)20-11-23(15-33-13-20)36-27(41)9-18-5-2-1-3-6-18/h1-8,10-17H,9H2,(H,36,41)(H,37,38)(H,35,39,40). The van der Waals surface area contributed by atoms with E-state index in [-0.39, 0.29) is 18.1 Å². The second-order valence-corrected chi connectivity index (χ2v) is 9.54. The number of aromatic amines is 2. The van der Waals surface area contributed by atoms with Crippen molar-refractivity contribution in [3.05, 3.63) is 109 Å². The second-order valence-electron chi connectivity index (χ2n) is 9.54. The van der Waals surface area contributed by atoms with Gasteiger partial charge in [-0.3, -0.25) is 19.9 Å². The van der Waals surface area contributed by atoms with Crippen molar-refractivity contribution < 1.29 is 9.18 Å². The molecule has 5 aromatic heterocycles. The zero-order valence-electron chi connectivity index (χ0n) is 21.5. The Morgan fingerprint density at radius 2 is 1.71 bits per heavy atom. The summed E-state index contributed by atoms with van der Waals surface area (Å²) in [6.07, 6.45) is 8.67. The lowest BCUT2D eigenvalue weighted by Crippen LogP contribution is -2.14. The number of H-pyrrole nitrogens is 2. The van der Waals surface area contributed by atoms with E-state index in [1.807, 2.05) is 48.5 Å². The van der Waals surface area contributed by atoms with Crippen LogP contribution in [0.2, 0.25) is 0 Å². The van der Waals surface area contributed by atoms with Gasteiger partial charge in [-0.1, -0.05) is 42.5 Å². The molecule has 0 aliphatic rings. The van der Waals surface area contributed by atoms with Crippen LogP contribution in [0.4, 0.5) is 10.1 Å². The van der Waals surface area contributed by atoms with E-state index in [2.05, 4.69) is 35.5 Å². The molecule has 7 rings (SSSR count). The number of nitrogens with one attached hydrogen (secondary N) is 3. The number of pyridine rings is 3. The van der Waals surface area contributed by atoms with E-state index in [1.54, 1.807) is 37.1 Å². The summed E-state index contributed by atoms with van der Waals surface area (Å²) in [7, 11) is 0. The van der Waals surface area contributed by atoms with E-state index >= 15 is 0 Å². The molecule has 0 aliphatic heterocycles. The van der Waals surface area contributed by atoms with Gasteiger partial charge in [0.25, 0.3) is 0 Å². The van der Waals surface area contributed by atoms with E-state index in [9.17, 15) is 9.18 Å². The number of anilines is 1. The Kier molecular flexibility index (Phi) is 5.97. The third-order valence-electron chi connectivity index (χ3n) is 6.73. The molecule has 0 atom stereocenters. The molecule has 1 amide bonds. The monoisotopic (exact) mass is 540 g/mol. The van der Waals surface area contributed by atoms with Crippen molar-refractivity contribution >= 4 is 33.7 Å². The Morgan fingerprint density at radius 1 is 0.854 bits per heavy atom. The number of amides is 1. The average molecular weight is 541 g/mol. The van der Waals surface area contributed by atoms with Crippen LogP contribution < -0.4 is 5.32 Å². The summed E-state index contributed by atoms with van der Waals surface area (Å²) in [5.41, 5.74) is 7.02. The number of carbonyl (C=O) groups is 1. The molecule has 41 heavy (non-hydrogen) atoms. The number of hydrogen-bond donors (Lipinski definition) is 3. The van der Waals surface area contributed by atoms with E-state index in [0.29, 0.717) is 45.0 Å². The predicted octanol–water partition coefficient (Wildman–Crippen LogP) is 5.95. The number of carbonyl (C=O) groups excluding carboxylic acids is 1. The highest BCUT2D eigenvalue weighted by Crippen LogP contribution is 2.32. The van der Waals surface area contributed by atoms with Crippen LogP contribution in [0.5, 0.6) is 0 Å². The van der Waals surface area contributed by atoms with Crippen LogP contribution in [0.15, 0.2) is 97.7 Å². The molecule has 0 spiro atoms. The van der Waals surface area contributed by atoms with Crippen LogP contribution in [0.3, 0.4) is 0 Å². The summed E-state index contributed by atoms with van der Waals surface area (Å²) in [6, 6.07) is 19.7. The summed E-state index contributed by atoms with van der Waals surface area (Å²) in [5.74, 6) is 0.0650. The Hall–Kier alpha value is -5.77. The number of rotatable bonds is 6. The van der Waals surface area contributed by atoms with Gasteiger partial charge in [0.05, 0.1) is 40.9 Å². The molecule has 0 saturated carbocycles. The van der Waals surface area contributed by atoms with Crippen molar-refractivity contribution in [1.82, 2.24) is 35.1 Å². The minimum absolute atomic E-state index is 0.127. The topological polar surface area (TPSA) is 125 Å². The number of imidazole rings is 1. The van der Waals surface area contributed by atoms with E-state index in [1.165, 1.54) is 12.1 Å². The van der Waals surface area contributed by atoms with Gasteiger partial charge in [-0.2, -0.15) is 5.10 Å². The summed E-state index contributed by atoms with van der Waals surface area (Å²) >= 11 is 0. The number of nitrogens with zero attached hydrogens (tertiary/aromatic N) is 5. The fraction of sp³-hybridized carbons (Fsp3) is 0.0323. The lowest BCUT2D eigenvalue weighted by molar-refractivity contribution is -0.115. The van der Waals surface area contributed by atoms with Gasteiger partial charge in [-0.05, 0) is 35.4 Å². The summed E-state index contributed by atoms with van der Waals surface area (Å²) in [5, 5.41) is 11.1. The Balaban J connectivity index is 1.21. The molecule has 3 N–H and O–H groups in total. The van der Waals surface area contributed by atoms with Crippen molar-refractivity contribution in [2.75, 3.05) is 5.32 Å². The Morgan fingerprint density at radius 3 is 2.59 bits per heavy atom. The van der Waals surface area contributed by atoms with Crippen LogP contribution in [-0.2, 0) is 11.2 Å². The molecule has 0 bridgehead atoms. The smallest absolute Gasteiger partial charge is 0.228 e. The van der Waals surface area contributed by atoms with Crippen LogP contribution in [-0.4, -0.2) is 41.0 Å². The van der Waals surface area contributed by atoms with Crippen molar-refractivity contribution in [3.63, 3.8) is 0 Å². The minimum atomic E-state index is -0.332. The SMILES string of the molecule is O=C(Cc1ccccc1)Nc1cncc(-c2cnc3[nH]nc(-c4nc5c(-c6cccc(F)c6)cncc5[nH]4)c3c2)c1. The van der Waals surface area contributed by atoms with Crippen molar-refractivity contribution in [1.29, 1.82) is 0 Å². The molecule has 0 radical (unpaired) electrons. The zero-order valence-corrected chi connectivity index (χ0v) is 21.5. The summed E-state index contributed by atoms with van der Waals surface area (Å²) in [4.78, 5) is 33.9. The maximum Gasteiger partial charge on any atom is 0.228 e. The van der Waals surface area contributed by atoms with E-state index < -0.39 is 0 Å². The highest BCUT2D eigenvalue weighted by atomic mass is 19.1. The Labute approximate surface area is 232 Å². The molecule has 5 heterocycles. The highest BCUT2D eigenvalue weighted by Gasteiger charge is 2.17. The summed E-state index contributed by atoms with van der Waals surface area (Å²) < 4.78 is 13.9. The second kappa shape index (κ2) is 10.1. The largest absolute Gasteiger partial charge is 0.335 e. The fourth-order valence-electron chi connectivity index (χ4n) is 4.81. The van der Waals surface area contributed by atoms with Crippen molar-refractivity contribution in [2.45, 2.75) is 6.42 Å². The quantitative estimate of drug-likeness (QED) is 0.240. The van der Waals surface area contributed by atoms with E-state index in [0.717, 1.165) is 22.1 Å². The predicted molar refractivity (Wildman–Crippen MR) is 154 cm³/mol. The number of fused-ring (bicyclic) bond motifs is 2. The lowest BCUT2D eigenvalue weighted by atomic mass is 10.1. The molecule has 9 nitrogen and oxygen atoms in total. The Bertz CT molecular complexity index is 2050. The molecule has 0 saturated heterocycles. The third-order valence-corrected chi connectivity index (χ3v) is 6.73. The van der Waals surface area contributed by atoms with Crippen molar-refractivity contribution in [3.8, 4) is 33.8 Å². The van der Waals surface area contributed by atoms with Crippen LogP contribution in [0.1, 0.15) is 5.56 Å². The van der Waals surface area contributed by atoms with Gasteiger partial charge in [0.1, 0.15) is 11.5 Å². The zero-order chi connectivity index (χ0) is 27.8. The fourth-order valence-corrected chi connectivity index (χ4v) is 4.81. The van der Waals surface area contributed by atoms with Gasteiger partial charge in [0, 0.05) is 35.3 Å². The van der Waals surface area contributed by atoms with Gasteiger partial charge >= 0.3 is 0 Å². The van der Waals surface area contributed by atoms with Gasteiger partial charge in [-0.25, -0.2) is 14.4 Å². The number of aromatic nitrogens is 7. The number of hydrogen-bond acceptors (Lipinski definition) is 6. The molecule has 0 fully saturated rings. The van der Waals surface area contributed by atoms with Crippen molar-refractivity contribution in [2.24, 2.45) is 0 Å². The number of benzene rings is 2. The van der Waals surface area contributed by atoms with E-state index in [4.69, 9.17) is 4.98 Å². The van der Waals surface area contributed by atoms with Crippen LogP contribution in [0.25, 0.3) is 55.8 Å². The molecular formula is C31H21FN8O. The average Bonchev–Trinajstić information content (AvgIpc) is 3.61. The van der Waals surface area contributed by atoms with Gasteiger partial charge in [0.15, 0.2) is 11.5 Å². The highest BCUT2D eigenvalue weighted by molar-refractivity contribution is 5.97. The molecular weight excluding hydrogens is 519 g/mol. The lowest BCUT2D eigenvalue weighted by Gasteiger charge is -2.07. The molecule has 7 aromatic rings. The minimum Gasteiger partial charge on any atom is -0.335 e. The first-order valence-electron chi connectivity index (χ1n) is 12.8. The van der Waals surface area contributed by atoms with Crippen LogP contribution >= 0.6 is 0 Å². The first-order valence-corrected chi connectivity index (χ1v) is 12.8. The number of halogens is 1. The molecule has 2 aromatic carbocycles. The van der Waals surface area contributed by atoms with Gasteiger partial charge < -0.3 is 10.3 Å². The first kappa shape index (κ1) is 24.3. The molecule has 10 heteroatoms.